The van der Waals surface area contributed by atoms with E-state index in [2.05, 4.69) is 5.32 Å². The molecule has 1 aromatic carbocycles. The molecule has 0 saturated heterocycles. The molecule has 0 aromatic heterocycles. The zero-order chi connectivity index (χ0) is 17.9. The van der Waals surface area contributed by atoms with Crippen LogP contribution in [0.3, 0.4) is 0 Å². The highest BCUT2D eigenvalue weighted by Crippen LogP contribution is 2.10. The van der Waals surface area contributed by atoms with Gasteiger partial charge in [-0.05, 0) is 32.8 Å². The molecule has 134 valence electrons. The highest BCUT2D eigenvalue weighted by molar-refractivity contribution is 5.87. The molecule has 24 heavy (non-hydrogen) atoms. The molecule has 1 N–H and O–H groups in total. The standard InChI is InChI=1S/C19H30N2O3/c1-5-18(22)21(14-17-10-7-6-8-11-17)16(4)19(23)20-12-9-13-24-15(2)3/h6-8,10-11,15-16H,5,9,12-14H2,1-4H3,(H,20,23)/t16-/m1/s1. The van der Waals surface area contributed by atoms with Gasteiger partial charge in [0.1, 0.15) is 6.04 Å². The summed E-state index contributed by atoms with van der Waals surface area (Å²) in [4.78, 5) is 26.2. The molecule has 0 aliphatic carbocycles. The topological polar surface area (TPSA) is 58.6 Å². The fraction of sp³-hybridized carbons (Fsp3) is 0.579. The summed E-state index contributed by atoms with van der Waals surface area (Å²) in [5.41, 5.74) is 1.02. The van der Waals surface area contributed by atoms with Crippen molar-refractivity contribution in [2.75, 3.05) is 13.2 Å². The molecule has 5 heteroatoms. The van der Waals surface area contributed by atoms with Crippen molar-refractivity contribution in [1.29, 1.82) is 0 Å². The van der Waals surface area contributed by atoms with Gasteiger partial charge in [0.2, 0.25) is 11.8 Å². The van der Waals surface area contributed by atoms with E-state index in [4.69, 9.17) is 4.74 Å². The highest BCUT2D eigenvalue weighted by atomic mass is 16.5. The number of rotatable bonds is 10. The van der Waals surface area contributed by atoms with Gasteiger partial charge in [0, 0.05) is 26.1 Å². The molecule has 1 rings (SSSR count). The van der Waals surface area contributed by atoms with E-state index in [1.807, 2.05) is 51.1 Å². The normalized spacial score (nSPS) is 12.0. The van der Waals surface area contributed by atoms with Crippen molar-refractivity contribution in [2.24, 2.45) is 0 Å². The molecular weight excluding hydrogens is 304 g/mol. The van der Waals surface area contributed by atoms with Crippen LogP contribution in [0.25, 0.3) is 0 Å². The van der Waals surface area contributed by atoms with Gasteiger partial charge in [-0.1, -0.05) is 37.3 Å². The number of hydrogen-bond donors (Lipinski definition) is 1. The highest BCUT2D eigenvalue weighted by Gasteiger charge is 2.24. The van der Waals surface area contributed by atoms with E-state index in [0.717, 1.165) is 12.0 Å². The Morgan fingerprint density at radius 1 is 1.17 bits per heavy atom. The van der Waals surface area contributed by atoms with Crippen molar-refractivity contribution in [1.82, 2.24) is 10.2 Å². The van der Waals surface area contributed by atoms with Gasteiger partial charge in [-0.2, -0.15) is 0 Å². The maximum absolute atomic E-state index is 12.3. The summed E-state index contributed by atoms with van der Waals surface area (Å²) in [5.74, 6) is -0.151. The Labute approximate surface area is 145 Å². The minimum atomic E-state index is -0.497. The van der Waals surface area contributed by atoms with Gasteiger partial charge < -0.3 is 15.0 Å². The molecule has 0 radical (unpaired) electrons. The molecule has 0 heterocycles. The maximum atomic E-state index is 12.3. The lowest BCUT2D eigenvalue weighted by atomic mass is 10.1. The fourth-order valence-electron chi connectivity index (χ4n) is 2.32. The minimum absolute atomic E-state index is 0.0235. The number of nitrogens with one attached hydrogen (secondary N) is 1. The largest absolute Gasteiger partial charge is 0.379 e. The molecule has 0 aliphatic rings. The number of ether oxygens (including phenoxy) is 1. The molecule has 0 spiro atoms. The first-order valence-electron chi connectivity index (χ1n) is 8.68. The minimum Gasteiger partial charge on any atom is -0.379 e. The van der Waals surface area contributed by atoms with Gasteiger partial charge in [0.05, 0.1) is 6.10 Å². The zero-order valence-corrected chi connectivity index (χ0v) is 15.2. The zero-order valence-electron chi connectivity index (χ0n) is 15.2. The molecule has 1 aromatic rings. The van der Waals surface area contributed by atoms with Gasteiger partial charge in [-0.15, -0.1) is 0 Å². The van der Waals surface area contributed by atoms with E-state index in [-0.39, 0.29) is 17.9 Å². The van der Waals surface area contributed by atoms with E-state index in [1.165, 1.54) is 0 Å². The van der Waals surface area contributed by atoms with Crippen LogP contribution in [-0.2, 0) is 20.9 Å². The Morgan fingerprint density at radius 3 is 2.42 bits per heavy atom. The van der Waals surface area contributed by atoms with E-state index in [1.54, 1.807) is 11.8 Å². The molecule has 2 amide bonds. The summed E-state index contributed by atoms with van der Waals surface area (Å²) in [7, 11) is 0. The van der Waals surface area contributed by atoms with E-state index in [0.29, 0.717) is 26.1 Å². The summed E-state index contributed by atoms with van der Waals surface area (Å²) < 4.78 is 5.45. The lowest BCUT2D eigenvalue weighted by molar-refractivity contribution is -0.140. The summed E-state index contributed by atoms with van der Waals surface area (Å²) in [6.07, 6.45) is 1.34. The van der Waals surface area contributed by atoms with Crippen LogP contribution < -0.4 is 5.32 Å². The Balaban J connectivity index is 2.55. The van der Waals surface area contributed by atoms with Crippen LogP contribution in [0.1, 0.15) is 46.1 Å². The van der Waals surface area contributed by atoms with Crippen LogP contribution in [0.2, 0.25) is 0 Å². The van der Waals surface area contributed by atoms with Crippen LogP contribution >= 0.6 is 0 Å². The molecule has 0 saturated carbocycles. The lowest BCUT2D eigenvalue weighted by Gasteiger charge is -2.28. The van der Waals surface area contributed by atoms with Crippen molar-refractivity contribution in [3.05, 3.63) is 35.9 Å². The quantitative estimate of drug-likeness (QED) is 0.669. The SMILES string of the molecule is CCC(=O)N(Cc1ccccc1)[C@H](C)C(=O)NCCCOC(C)C. The van der Waals surface area contributed by atoms with Gasteiger partial charge >= 0.3 is 0 Å². The Kier molecular flexibility index (Phi) is 9.08. The average molecular weight is 334 g/mol. The van der Waals surface area contributed by atoms with E-state index < -0.39 is 6.04 Å². The van der Waals surface area contributed by atoms with Crippen LogP contribution in [0.5, 0.6) is 0 Å². The van der Waals surface area contributed by atoms with Crippen molar-refractivity contribution < 1.29 is 14.3 Å². The van der Waals surface area contributed by atoms with Gasteiger partial charge in [0.15, 0.2) is 0 Å². The van der Waals surface area contributed by atoms with Crippen LogP contribution in [0.15, 0.2) is 30.3 Å². The van der Waals surface area contributed by atoms with Gasteiger partial charge in [-0.3, -0.25) is 9.59 Å². The van der Waals surface area contributed by atoms with Crippen LogP contribution in [0, 0.1) is 0 Å². The monoisotopic (exact) mass is 334 g/mol. The fourth-order valence-corrected chi connectivity index (χ4v) is 2.32. The Morgan fingerprint density at radius 2 is 1.83 bits per heavy atom. The van der Waals surface area contributed by atoms with Crippen molar-refractivity contribution >= 4 is 11.8 Å². The summed E-state index contributed by atoms with van der Waals surface area (Å²) in [6, 6.07) is 9.23. The third-order valence-corrected chi connectivity index (χ3v) is 3.74. The first-order chi connectivity index (χ1) is 11.5. The number of amides is 2. The van der Waals surface area contributed by atoms with Gasteiger partial charge in [0.25, 0.3) is 0 Å². The number of carbonyl (C=O) groups is 2. The second-order valence-corrected chi connectivity index (χ2v) is 6.10. The van der Waals surface area contributed by atoms with Gasteiger partial charge in [-0.25, -0.2) is 0 Å². The Bertz CT molecular complexity index is 503. The second-order valence-electron chi connectivity index (χ2n) is 6.10. The maximum Gasteiger partial charge on any atom is 0.242 e. The first-order valence-corrected chi connectivity index (χ1v) is 8.68. The van der Waals surface area contributed by atoms with Crippen LogP contribution in [0.4, 0.5) is 0 Å². The molecular formula is C19H30N2O3. The Hall–Kier alpha value is -1.88. The van der Waals surface area contributed by atoms with E-state index in [9.17, 15) is 9.59 Å². The van der Waals surface area contributed by atoms with Crippen molar-refractivity contribution in [3.8, 4) is 0 Å². The molecule has 1 atom stereocenters. The predicted octanol–water partition coefficient (Wildman–Crippen LogP) is 2.75. The summed E-state index contributed by atoms with van der Waals surface area (Å²) >= 11 is 0. The second kappa shape index (κ2) is 10.8. The lowest BCUT2D eigenvalue weighted by Crippen LogP contribution is -2.47. The van der Waals surface area contributed by atoms with E-state index >= 15 is 0 Å². The third kappa shape index (κ3) is 7.13. The predicted molar refractivity (Wildman–Crippen MR) is 95.5 cm³/mol. The number of carbonyl (C=O) groups excluding carboxylic acids is 2. The third-order valence-electron chi connectivity index (χ3n) is 3.74. The molecule has 0 bridgehead atoms. The molecule has 0 fully saturated rings. The molecule has 5 nitrogen and oxygen atoms in total. The first kappa shape index (κ1) is 20.2. The summed E-state index contributed by atoms with van der Waals surface area (Å²) in [5, 5.41) is 2.89. The number of hydrogen-bond acceptors (Lipinski definition) is 3. The molecule has 0 aliphatic heterocycles. The number of benzene rings is 1. The molecule has 0 unspecified atom stereocenters. The number of nitrogens with zero attached hydrogens (tertiary/aromatic N) is 1. The van der Waals surface area contributed by atoms with Crippen molar-refractivity contribution in [3.63, 3.8) is 0 Å². The summed E-state index contributed by atoms with van der Waals surface area (Å²) in [6.45, 7) is 9.17. The smallest absolute Gasteiger partial charge is 0.242 e. The van der Waals surface area contributed by atoms with Crippen molar-refractivity contribution in [2.45, 2.75) is 59.2 Å². The average Bonchev–Trinajstić information content (AvgIpc) is 2.58. The van der Waals surface area contributed by atoms with Crippen LogP contribution in [-0.4, -0.2) is 42.0 Å².